The Hall–Kier alpha value is -2.98. The molecule has 4 nitrogen and oxygen atoms in total. The van der Waals surface area contributed by atoms with Gasteiger partial charge in [-0.25, -0.2) is 8.42 Å². The van der Waals surface area contributed by atoms with E-state index in [0.717, 1.165) is 28.0 Å². The van der Waals surface area contributed by atoms with E-state index in [1.807, 2.05) is 61.5 Å². The molecule has 1 atom stereocenters. The Kier molecular flexibility index (Phi) is 4.50. The van der Waals surface area contributed by atoms with Crippen molar-refractivity contribution in [1.82, 2.24) is 4.72 Å². The average Bonchev–Trinajstić information content (AvgIpc) is 3.11. The van der Waals surface area contributed by atoms with Gasteiger partial charge in [0.05, 0.1) is 4.90 Å². The standard InChI is InChI=1S/C22H19N2O2S/c1-16-11-13-18(14-12-16)27(25,26)24-22(17-7-3-2-4-8-17)20-15-23-21-10-6-5-9-19(20)21/h2-14,22-24H,1H3/q+1. The van der Waals surface area contributed by atoms with Crippen LogP contribution < -0.4 is 10.0 Å². The summed E-state index contributed by atoms with van der Waals surface area (Å²) in [6, 6.07) is 23.6. The largest absolute Gasteiger partial charge is 0.241 e. The van der Waals surface area contributed by atoms with E-state index in [1.54, 1.807) is 24.3 Å². The molecule has 0 saturated carbocycles. The number of sulfonamides is 1. The molecule has 5 heteroatoms. The number of anilines is 1. The van der Waals surface area contributed by atoms with Gasteiger partial charge in [0.25, 0.3) is 0 Å². The summed E-state index contributed by atoms with van der Waals surface area (Å²) in [4.78, 5) is 0.244. The molecule has 3 aromatic carbocycles. The van der Waals surface area contributed by atoms with Gasteiger partial charge in [0.15, 0.2) is 16.8 Å². The van der Waals surface area contributed by atoms with Gasteiger partial charge < -0.3 is 0 Å². The SMILES string of the molecule is Cc1ccc(S(=O)(=O)NC(C2=[C+]Nc3ccccc32)c2ccccc2)cc1. The van der Waals surface area contributed by atoms with Gasteiger partial charge in [0.1, 0.15) is 12.2 Å². The predicted molar refractivity (Wildman–Crippen MR) is 107 cm³/mol. The van der Waals surface area contributed by atoms with Crippen LogP contribution in [0, 0.1) is 13.1 Å². The van der Waals surface area contributed by atoms with Crippen molar-refractivity contribution in [3.05, 3.63) is 102 Å². The van der Waals surface area contributed by atoms with Crippen LogP contribution in [0.25, 0.3) is 5.57 Å². The number of hydrogen-bond acceptors (Lipinski definition) is 3. The number of hydrogen-bond donors (Lipinski definition) is 2. The first-order valence-electron chi connectivity index (χ1n) is 8.67. The fraction of sp³-hybridized carbons (Fsp3) is 0.0909. The molecule has 3 aromatic rings. The number of rotatable bonds is 5. The number of fused-ring (bicyclic) bond motifs is 1. The minimum atomic E-state index is -3.70. The third kappa shape index (κ3) is 3.49. The van der Waals surface area contributed by atoms with E-state index in [2.05, 4.69) is 16.2 Å². The summed E-state index contributed by atoms with van der Waals surface area (Å²) in [6.07, 6.45) is 3.14. The molecule has 134 valence electrons. The summed E-state index contributed by atoms with van der Waals surface area (Å²) in [5.41, 5.74) is 4.50. The zero-order chi connectivity index (χ0) is 18.9. The van der Waals surface area contributed by atoms with Gasteiger partial charge in [0.2, 0.25) is 10.0 Å². The summed E-state index contributed by atoms with van der Waals surface area (Å²) in [5.74, 6) is 0. The summed E-state index contributed by atoms with van der Waals surface area (Å²) in [5, 5.41) is 3.11. The fourth-order valence-corrected chi connectivity index (χ4v) is 4.33. The van der Waals surface area contributed by atoms with E-state index in [4.69, 9.17) is 0 Å². The molecule has 0 aromatic heterocycles. The van der Waals surface area contributed by atoms with Crippen LogP contribution in [0.4, 0.5) is 5.69 Å². The second-order valence-corrected chi connectivity index (χ2v) is 8.20. The molecule has 1 heterocycles. The van der Waals surface area contributed by atoms with Crippen LogP contribution >= 0.6 is 0 Å². The van der Waals surface area contributed by atoms with E-state index in [1.165, 1.54) is 0 Å². The van der Waals surface area contributed by atoms with E-state index < -0.39 is 16.1 Å². The Morgan fingerprint density at radius 3 is 2.30 bits per heavy atom. The zero-order valence-electron chi connectivity index (χ0n) is 14.8. The van der Waals surface area contributed by atoms with Crippen molar-refractivity contribution in [2.24, 2.45) is 0 Å². The molecular formula is C22H19N2O2S+. The lowest BCUT2D eigenvalue weighted by Crippen LogP contribution is -2.29. The highest BCUT2D eigenvalue weighted by Gasteiger charge is 2.36. The molecular weight excluding hydrogens is 356 g/mol. The number of para-hydroxylation sites is 1. The Morgan fingerprint density at radius 1 is 0.889 bits per heavy atom. The van der Waals surface area contributed by atoms with Crippen molar-refractivity contribution in [2.75, 3.05) is 5.32 Å². The number of benzene rings is 3. The van der Waals surface area contributed by atoms with E-state index in [-0.39, 0.29) is 4.90 Å². The Labute approximate surface area is 159 Å². The molecule has 0 fully saturated rings. The molecule has 4 rings (SSSR count). The first-order chi connectivity index (χ1) is 13.0. The molecule has 0 bridgehead atoms. The summed E-state index contributed by atoms with van der Waals surface area (Å²) in [7, 11) is -3.70. The Balaban J connectivity index is 1.75. The average molecular weight is 375 g/mol. The van der Waals surface area contributed by atoms with Crippen molar-refractivity contribution in [2.45, 2.75) is 17.9 Å². The normalized spacial score (nSPS) is 13.9. The minimum absolute atomic E-state index is 0.244. The molecule has 0 saturated heterocycles. The van der Waals surface area contributed by atoms with Crippen molar-refractivity contribution in [3.63, 3.8) is 0 Å². The van der Waals surface area contributed by atoms with Crippen LogP contribution in [-0.4, -0.2) is 8.42 Å². The quantitative estimate of drug-likeness (QED) is 0.654. The van der Waals surface area contributed by atoms with Crippen molar-refractivity contribution >= 4 is 21.3 Å². The third-order valence-corrected chi connectivity index (χ3v) is 6.01. The molecule has 2 N–H and O–H groups in total. The number of aryl methyl sites for hydroxylation is 1. The lowest BCUT2D eigenvalue weighted by Gasteiger charge is -2.17. The van der Waals surface area contributed by atoms with Crippen molar-refractivity contribution < 1.29 is 8.42 Å². The van der Waals surface area contributed by atoms with Gasteiger partial charge in [-0.2, -0.15) is 10.0 Å². The summed E-state index contributed by atoms with van der Waals surface area (Å²) < 4.78 is 28.9. The van der Waals surface area contributed by atoms with Crippen LogP contribution in [0.2, 0.25) is 0 Å². The lowest BCUT2D eigenvalue weighted by atomic mass is 9.95. The van der Waals surface area contributed by atoms with Crippen LogP contribution in [-0.2, 0) is 10.0 Å². The summed E-state index contributed by atoms with van der Waals surface area (Å²) >= 11 is 0. The minimum Gasteiger partial charge on any atom is -0.207 e. The second-order valence-electron chi connectivity index (χ2n) is 6.49. The van der Waals surface area contributed by atoms with Gasteiger partial charge >= 0.3 is 0 Å². The maximum Gasteiger partial charge on any atom is 0.241 e. The highest BCUT2D eigenvalue weighted by molar-refractivity contribution is 7.89. The van der Waals surface area contributed by atoms with Gasteiger partial charge in [-0.15, -0.1) is 0 Å². The van der Waals surface area contributed by atoms with Gasteiger partial charge in [-0.05, 0) is 36.8 Å². The van der Waals surface area contributed by atoms with Gasteiger partial charge in [-0.1, -0.05) is 48.0 Å². The number of nitrogens with one attached hydrogen (secondary N) is 2. The second kappa shape index (κ2) is 6.97. The highest BCUT2D eigenvalue weighted by Crippen LogP contribution is 2.38. The van der Waals surface area contributed by atoms with Crippen molar-refractivity contribution in [1.29, 1.82) is 0 Å². The first-order valence-corrected chi connectivity index (χ1v) is 10.2. The topological polar surface area (TPSA) is 58.2 Å². The van der Waals surface area contributed by atoms with Crippen LogP contribution in [0.15, 0.2) is 83.8 Å². The van der Waals surface area contributed by atoms with Gasteiger partial charge in [0, 0.05) is 12.1 Å². The Morgan fingerprint density at radius 2 is 1.56 bits per heavy atom. The zero-order valence-corrected chi connectivity index (χ0v) is 15.6. The van der Waals surface area contributed by atoms with E-state index in [0.29, 0.717) is 0 Å². The Bertz CT molecular complexity index is 1090. The monoisotopic (exact) mass is 375 g/mol. The highest BCUT2D eigenvalue weighted by atomic mass is 32.2. The van der Waals surface area contributed by atoms with E-state index in [9.17, 15) is 8.42 Å². The maximum absolute atomic E-state index is 13.0. The van der Waals surface area contributed by atoms with Crippen LogP contribution in [0.1, 0.15) is 22.7 Å². The fourth-order valence-electron chi connectivity index (χ4n) is 3.14. The van der Waals surface area contributed by atoms with Gasteiger partial charge in [-0.3, -0.25) is 0 Å². The molecule has 1 unspecified atom stereocenters. The van der Waals surface area contributed by atoms with E-state index >= 15 is 0 Å². The first kappa shape index (κ1) is 17.4. The smallest absolute Gasteiger partial charge is 0.207 e. The predicted octanol–water partition coefficient (Wildman–Crippen LogP) is 4.28. The molecule has 0 amide bonds. The maximum atomic E-state index is 13.0. The summed E-state index contributed by atoms with van der Waals surface area (Å²) in [6.45, 7) is 1.93. The molecule has 0 spiro atoms. The molecule has 1 aliphatic heterocycles. The van der Waals surface area contributed by atoms with Crippen molar-refractivity contribution in [3.8, 4) is 0 Å². The molecule has 0 aliphatic carbocycles. The van der Waals surface area contributed by atoms with Crippen LogP contribution in [0.3, 0.4) is 0 Å². The third-order valence-electron chi connectivity index (χ3n) is 4.57. The van der Waals surface area contributed by atoms with Crippen LogP contribution in [0.5, 0.6) is 0 Å². The molecule has 1 aliphatic rings. The molecule has 27 heavy (non-hydrogen) atoms. The molecule has 0 radical (unpaired) electrons. The lowest BCUT2D eigenvalue weighted by molar-refractivity contribution is 0.576.